The predicted octanol–water partition coefficient (Wildman–Crippen LogP) is 13.5. The Kier molecular flexibility index (Phi) is 6.27. The highest BCUT2D eigenvalue weighted by Gasteiger charge is 2.21. The third kappa shape index (κ3) is 4.53. The van der Waals surface area contributed by atoms with Crippen LogP contribution in [0.5, 0.6) is 0 Å². The van der Waals surface area contributed by atoms with Gasteiger partial charge in [0.25, 0.3) is 0 Å². The molecule has 0 saturated heterocycles. The van der Waals surface area contributed by atoms with Crippen molar-refractivity contribution < 1.29 is 8.83 Å². The molecule has 0 spiro atoms. The molecule has 4 aromatic heterocycles. The summed E-state index contributed by atoms with van der Waals surface area (Å²) in [5.74, 6) is 0.628. The summed E-state index contributed by atoms with van der Waals surface area (Å²) in [4.78, 5) is 10.7. The van der Waals surface area contributed by atoms with Gasteiger partial charge in [-0.2, -0.15) is 0 Å². The summed E-state index contributed by atoms with van der Waals surface area (Å²) in [5, 5.41) is 8.95. The van der Waals surface area contributed by atoms with Crippen molar-refractivity contribution in [1.82, 2.24) is 14.5 Å². The molecular weight excluding hydrogens is 675 g/mol. The fourth-order valence-electron chi connectivity index (χ4n) is 8.49. The van der Waals surface area contributed by atoms with Gasteiger partial charge in [0, 0.05) is 54.7 Å². The first-order chi connectivity index (χ1) is 27.2. The second-order valence-electron chi connectivity index (χ2n) is 14.1. The van der Waals surface area contributed by atoms with Gasteiger partial charge >= 0.3 is 0 Å². The summed E-state index contributed by atoms with van der Waals surface area (Å²) in [5.41, 5.74) is 11.2. The molecule has 12 rings (SSSR count). The molecule has 4 heterocycles. The minimum absolute atomic E-state index is 0.628. The molecule has 0 atom stereocenters. The average molecular weight is 704 g/mol. The number of nitrogens with zero attached hydrogens (tertiary/aromatic N) is 3. The number of furan rings is 2. The predicted molar refractivity (Wildman–Crippen MR) is 225 cm³/mol. The van der Waals surface area contributed by atoms with E-state index in [-0.39, 0.29) is 0 Å². The van der Waals surface area contributed by atoms with Crippen LogP contribution in [-0.2, 0) is 0 Å². The minimum atomic E-state index is 0.628. The van der Waals surface area contributed by atoms with Crippen LogP contribution in [0.4, 0.5) is 0 Å². The second-order valence-corrected chi connectivity index (χ2v) is 14.1. The average Bonchev–Trinajstić information content (AvgIpc) is 3.93. The highest BCUT2D eigenvalue weighted by molar-refractivity contribution is 6.16. The van der Waals surface area contributed by atoms with E-state index < -0.39 is 0 Å². The van der Waals surface area contributed by atoms with Crippen LogP contribution in [0.15, 0.2) is 185 Å². The van der Waals surface area contributed by atoms with Crippen LogP contribution < -0.4 is 0 Å². The standard InChI is InChI=1S/C50H29N3O2/c1-2-12-31-27-33(25-23-30(31)11-1)53-43-19-6-3-15-39(43)48-37(17-10-20-44(48)53)41-29-42(38-18-9-16-36-34-13-4-8-22-46(34)55-49(36)38)52-50(51-41)32-24-26-47-40(28-32)35-14-5-7-21-45(35)54-47/h1-29H. The van der Waals surface area contributed by atoms with Crippen molar-refractivity contribution in [2.75, 3.05) is 0 Å². The van der Waals surface area contributed by atoms with Gasteiger partial charge in [-0.3, -0.25) is 0 Å². The van der Waals surface area contributed by atoms with Crippen molar-refractivity contribution >= 4 is 76.5 Å². The largest absolute Gasteiger partial charge is 0.456 e. The number of hydrogen-bond acceptors (Lipinski definition) is 4. The molecule has 0 aliphatic rings. The Labute approximate surface area is 314 Å². The van der Waals surface area contributed by atoms with E-state index in [1.165, 1.54) is 10.8 Å². The van der Waals surface area contributed by atoms with Gasteiger partial charge < -0.3 is 13.4 Å². The van der Waals surface area contributed by atoms with Crippen LogP contribution in [-0.4, -0.2) is 14.5 Å². The third-order valence-electron chi connectivity index (χ3n) is 11.0. The van der Waals surface area contributed by atoms with E-state index >= 15 is 0 Å². The molecule has 0 fully saturated rings. The molecule has 0 amide bonds. The fourth-order valence-corrected chi connectivity index (χ4v) is 8.49. The van der Waals surface area contributed by atoms with Crippen molar-refractivity contribution in [3.63, 3.8) is 0 Å². The highest BCUT2D eigenvalue weighted by atomic mass is 16.3. The third-order valence-corrected chi connectivity index (χ3v) is 11.0. The van der Waals surface area contributed by atoms with Crippen LogP contribution >= 0.6 is 0 Å². The van der Waals surface area contributed by atoms with Gasteiger partial charge in [-0.25, -0.2) is 9.97 Å². The van der Waals surface area contributed by atoms with Gasteiger partial charge in [0.1, 0.15) is 22.3 Å². The minimum Gasteiger partial charge on any atom is -0.456 e. The van der Waals surface area contributed by atoms with E-state index in [0.29, 0.717) is 5.82 Å². The Morgan fingerprint density at radius 3 is 1.91 bits per heavy atom. The first-order valence-electron chi connectivity index (χ1n) is 18.5. The maximum Gasteiger partial charge on any atom is 0.160 e. The quantitative estimate of drug-likeness (QED) is 0.183. The molecule has 0 N–H and O–H groups in total. The molecule has 0 saturated carbocycles. The molecule has 8 aromatic carbocycles. The number of fused-ring (bicyclic) bond motifs is 10. The monoisotopic (exact) mass is 703 g/mol. The molecule has 0 aliphatic carbocycles. The molecular formula is C50H29N3O2. The summed E-state index contributed by atoms with van der Waals surface area (Å²) in [6.45, 7) is 0. The lowest BCUT2D eigenvalue weighted by molar-refractivity contribution is 0.669. The lowest BCUT2D eigenvalue weighted by Crippen LogP contribution is -1.97. The van der Waals surface area contributed by atoms with Crippen LogP contribution in [0.2, 0.25) is 0 Å². The molecule has 0 bridgehead atoms. The van der Waals surface area contributed by atoms with Gasteiger partial charge in [0.2, 0.25) is 0 Å². The Hall–Kier alpha value is -7.50. The number of rotatable bonds is 4. The molecule has 5 heteroatoms. The number of aromatic nitrogens is 3. The summed E-state index contributed by atoms with van der Waals surface area (Å²) in [6.07, 6.45) is 0. The Balaban J connectivity index is 1.14. The smallest absolute Gasteiger partial charge is 0.160 e. The maximum absolute atomic E-state index is 6.56. The molecule has 0 unspecified atom stereocenters. The van der Waals surface area contributed by atoms with Gasteiger partial charge in [-0.1, -0.05) is 109 Å². The molecule has 55 heavy (non-hydrogen) atoms. The summed E-state index contributed by atoms with van der Waals surface area (Å²) < 4.78 is 15.1. The topological polar surface area (TPSA) is 57.0 Å². The molecule has 5 nitrogen and oxygen atoms in total. The number of hydrogen-bond donors (Lipinski definition) is 0. The van der Waals surface area contributed by atoms with E-state index in [9.17, 15) is 0 Å². The lowest BCUT2D eigenvalue weighted by Gasteiger charge is -2.12. The van der Waals surface area contributed by atoms with Crippen molar-refractivity contribution in [3.05, 3.63) is 176 Å². The Morgan fingerprint density at radius 2 is 1.04 bits per heavy atom. The first kappa shape index (κ1) is 30.0. The summed E-state index contributed by atoms with van der Waals surface area (Å²) >= 11 is 0. The van der Waals surface area contributed by atoms with Gasteiger partial charge in [0.15, 0.2) is 5.82 Å². The van der Waals surface area contributed by atoms with E-state index in [1.807, 2.05) is 36.4 Å². The van der Waals surface area contributed by atoms with E-state index in [4.69, 9.17) is 18.8 Å². The normalized spacial score (nSPS) is 12.0. The molecule has 0 aliphatic heterocycles. The first-order valence-corrected chi connectivity index (χ1v) is 18.5. The van der Waals surface area contributed by atoms with Crippen molar-refractivity contribution in [1.29, 1.82) is 0 Å². The zero-order valence-electron chi connectivity index (χ0n) is 29.4. The van der Waals surface area contributed by atoms with E-state index in [1.54, 1.807) is 0 Å². The zero-order valence-corrected chi connectivity index (χ0v) is 29.4. The number of benzene rings is 8. The van der Waals surface area contributed by atoms with Crippen molar-refractivity contribution in [3.8, 4) is 39.6 Å². The van der Waals surface area contributed by atoms with Crippen LogP contribution in [0.25, 0.3) is 116 Å². The second kappa shape index (κ2) is 11.5. The van der Waals surface area contributed by atoms with Crippen LogP contribution in [0.3, 0.4) is 0 Å². The van der Waals surface area contributed by atoms with Crippen LogP contribution in [0, 0.1) is 0 Å². The van der Waals surface area contributed by atoms with Crippen LogP contribution in [0.1, 0.15) is 0 Å². The molecule has 256 valence electrons. The van der Waals surface area contributed by atoms with Gasteiger partial charge in [-0.05, 0) is 77.5 Å². The zero-order chi connectivity index (χ0) is 36.0. The van der Waals surface area contributed by atoms with E-state index in [0.717, 1.165) is 99.4 Å². The number of para-hydroxylation sites is 4. The van der Waals surface area contributed by atoms with Crippen molar-refractivity contribution in [2.45, 2.75) is 0 Å². The highest BCUT2D eigenvalue weighted by Crippen LogP contribution is 2.42. The molecule has 12 aromatic rings. The Bertz CT molecular complexity index is 3510. The lowest BCUT2D eigenvalue weighted by atomic mass is 10.0. The fraction of sp³-hybridized carbons (Fsp3) is 0. The van der Waals surface area contributed by atoms with Gasteiger partial charge in [-0.15, -0.1) is 0 Å². The van der Waals surface area contributed by atoms with Gasteiger partial charge in [0.05, 0.1) is 22.4 Å². The van der Waals surface area contributed by atoms with Crippen molar-refractivity contribution in [2.24, 2.45) is 0 Å². The van der Waals surface area contributed by atoms with E-state index in [2.05, 4.69) is 144 Å². The summed E-state index contributed by atoms with van der Waals surface area (Å²) in [6, 6.07) is 61.4. The SMILES string of the molecule is c1ccc2cc(-n3c4ccccc4c4c(-c5cc(-c6cccc7c6oc6ccccc67)nc(-c6ccc7oc8ccccc8c7c6)n5)cccc43)ccc2c1. The summed E-state index contributed by atoms with van der Waals surface area (Å²) in [7, 11) is 0. The maximum atomic E-state index is 6.56. The molecule has 0 radical (unpaired) electrons. The Morgan fingerprint density at radius 1 is 0.400 bits per heavy atom.